The van der Waals surface area contributed by atoms with Crippen molar-refractivity contribution in [3.05, 3.63) is 58.1 Å². The zero-order valence-corrected chi connectivity index (χ0v) is 10.9. The fourth-order valence-electron chi connectivity index (χ4n) is 1.51. The quantitative estimate of drug-likeness (QED) is 0.930. The largest absolute Gasteiger partial charge is 0.454 e. The number of nitrogens with two attached hydrogens (primary N) is 1. The van der Waals surface area contributed by atoms with E-state index in [1.165, 1.54) is 24.3 Å². The van der Waals surface area contributed by atoms with Crippen LogP contribution >= 0.6 is 15.9 Å². The fourth-order valence-corrected chi connectivity index (χ4v) is 1.84. The molecule has 0 heterocycles. The van der Waals surface area contributed by atoms with Crippen LogP contribution in [0.4, 0.5) is 8.78 Å². The average Bonchev–Trinajstić information content (AvgIpc) is 2.33. The molecule has 0 unspecified atom stereocenters. The average molecular weight is 314 g/mol. The zero-order valence-electron chi connectivity index (χ0n) is 9.29. The van der Waals surface area contributed by atoms with Gasteiger partial charge in [-0.05, 0) is 30.3 Å². The Kier molecular flexibility index (Phi) is 3.93. The van der Waals surface area contributed by atoms with E-state index in [4.69, 9.17) is 10.5 Å². The van der Waals surface area contributed by atoms with Crippen molar-refractivity contribution in [2.75, 3.05) is 0 Å². The Balaban J connectivity index is 2.37. The van der Waals surface area contributed by atoms with Crippen molar-refractivity contribution >= 4 is 15.9 Å². The lowest BCUT2D eigenvalue weighted by Crippen LogP contribution is -2.03. The standard InChI is InChI=1S/C13H10BrF2NO/c14-8-4-5-13(11(16)6-8)18-12-3-1-2-10(15)9(12)7-17/h1-6H,7,17H2. The van der Waals surface area contributed by atoms with Crippen molar-refractivity contribution in [2.45, 2.75) is 6.54 Å². The van der Waals surface area contributed by atoms with Gasteiger partial charge in [0.15, 0.2) is 11.6 Å². The lowest BCUT2D eigenvalue weighted by molar-refractivity contribution is 0.432. The lowest BCUT2D eigenvalue weighted by atomic mass is 10.2. The number of rotatable bonds is 3. The van der Waals surface area contributed by atoms with Crippen molar-refractivity contribution < 1.29 is 13.5 Å². The van der Waals surface area contributed by atoms with Gasteiger partial charge in [-0.3, -0.25) is 0 Å². The van der Waals surface area contributed by atoms with E-state index in [2.05, 4.69) is 15.9 Å². The van der Waals surface area contributed by atoms with E-state index in [9.17, 15) is 8.78 Å². The van der Waals surface area contributed by atoms with Crippen LogP contribution in [0.1, 0.15) is 5.56 Å². The summed E-state index contributed by atoms with van der Waals surface area (Å²) >= 11 is 3.15. The summed E-state index contributed by atoms with van der Waals surface area (Å²) in [7, 11) is 0. The van der Waals surface area contributed by atoms with E-state index >= 15 is 0 Å². The Morgan fingerprint density at radius 1 is 1.06 bits per heavy atom. The van der Waals surface area contributed by atoms with E-state index in [0.29, 0.717) is 4.47 Å². The minimum absolute atomic E-state index is 0.0137. The molecule has 0 bridgehead atoms. The van der Waals surface area contributed by atoms with Crippen LogP contribution < -0.4 is 10.5 Å². The molecule has 0 aromatic heterocycles. The lowest BCUT2D eigenvalue weighted by Gasteiger charge is -2.11. The molecule has 0 radical (unpaired) electrons. The number of benzene rings is 2. The first kappa shape index (κ1) is 13.0. The van der Waals surface area contributed by atoms with Gasteiger partial charge in [0.1, 0.15) is 11.6 Å². The SMILES string of the molecule is NCc1c(F)cccc1Oc1ccc(Br)cc1F. The second-order valence-corrected chi connectivity index (χ2v) is 4.51. The van der Waals surface area contributed by atoms with Crippen LogP contribution in [-0.4, -0.2) is 0 Å². The molecule has 0 aliphatic heterocycles. The van der Waals surface area contributed by atoms with Crippen LogP contribution in [0.15, 0.2) is 40.9 Å². The van der Waals surface area contributed by atoms with Gasteiger partial charge in [-0.1, -0.05) is 22.0 Å². The summed E-state index contributed by atoms with van der Waals surface area (Å²) in [6.07, 6.45) is 0. The zero-order chi connectivity index (χ0) is 13.1. The molecule has 0 aliphatic carbocycles. The van der Waals surface area contributed by atoms with E-state index in [1.807, 2.05) is 0 Å². The second kappa shape index (κ2) is 5.46. The van der Waals surface area contributed by atoms with Crippen LogP contribution in [0.5, 0.6) is 11.5 Å². The molecule has 94 valence electrons. The Bertz CT molecular complexity index is 575. The summed E-state index contributed by atoms with van der Waals surface area (Å²) < 4.78 is 33.0. The van der Waals surface area contributed by atoms with Crippen LogP contribution in [-0.2, 0) is 6.54 Å². The molecule has 0 atom stereocenters. The van der Waals surface area contributed by atoms with Crippen LogP contribution in [0.25, 0.3) is 0 Å². The molecule has 2 N–H and O–H groups in total. The molecule has 5 heteroatoms. The van der Waals surface area contributed by atoms with Gasteiger partial charge in [-0.2, -0.15) is 0 Å². The van der Waals surface area contributed by atoms with Crippen LogP contribution in [0, 0.1) is 11.6 Å². The molecule has 0 fully saturated rings. The number of hydrogen-bond acceptors (Lipinski definition) is 2. The summed E-state index contributed by atoms with van der Waals surface area (Å²) in [5, 5.41) is 0. The Morgan fingerprint density at radius 2 is 1.83 bits per heavy atom. The van der Waals surface area contributed by atoms with Gasteiger partial charge in [0, 0.05) is 16.6 Å². The minimum Gasteiger partial charge on any atom is -0.454 e. The third-order valence-electron chi connectivity index (χ3n) is 2.39. The normalized spacial score (nSPS) is 10.4. The van der Waals surface area contributed by atoms with Gasteiger partial charge >= 0.3 is 0 Å². The summed E-state index contributed by atoms with van der Waals surface area (Å²) in [6.45, 7) is -0.0137. The molecule has 2 rings (SSSR count). The van der Waals surface area contributed by atoms with Gasteiger partial charge in [0.05, 0.1) is 0 Å². The smallest absolute Gasteiger partial charge is 0.166 e. The third kappa shape index (κ3) is 2.68. The first-order valence-corrected chi connectivity index (χ1v) is 6.01. The summed E-state index contributed by atoms with van der Waals surface area (Å²) in [5.41, 5.74) is 5.67. The highest BCUT2D eigenvalue weighted by Gasteiger charge is 2.11. The molecule has 18 heavy (non-hydrogen) atoms. The van der Waals surface area contributed by atoms with Gasteiger partial charge in [-0.25, -0.2) is 8.78 Å². The van der Waals surface area contributed by atoms with E-state index < -0.39 is 11.6 Å². The monoisotopic (exact) mass is 313 g/mol. The van der Waals surface area contributed by atoms with Crippen molar-refractivity contribution in [1.82, 2.24) is 0 Å². The minimum atomic E-state index is -0.531. The maximum Gasteiger partial charge on any atom is 0.166 e. The highest BCUT2D eigenvalue weighted by atomic mass is 79.9. The molecule has 2 aromatic rings. The highest BCUT2D eigenvalue weighted by Crippen LogP contribution is 2.30. The molecular weight excluding hydrogens is 304 g/mol. The second-order valence-electron chi connectivity index (χ2n) is 3.60. The van der Waals surface area contributed by atoms with E-state index in [-0.39, 0.29) is 23.6 Å². The maximum atomic E-state index is 13.6. The number of ether oxygens (including phenoxy) is 1. The summed E-state index contributed by atoms with van der Waals surface area (Å²) in [5.74, 6) is -0.749. The fraction of sp³-hybridized carbons (Fsp3) is 0.0769. The van der Waals surface area contributed by atoms with Gasteiger partial charge in [-0.15, -0.1) is 0 Å². The van der Waals surface area contributed by atoms with Gasteiger partial charge < -0.3 is 10.5 Å². The molecule has 0 saturated carbocycles. The Morgan fingerprint density at radius 3 is 2.50 bits per heavy atom. The molecule has 0 saturated heterocycles. The molecule has 0 aliphatic rings. The van der Waals surface area contributed by atoms with Crippen molar-refractivity contribution in [2.24, 2.45) is 5.73 Å². The predicted molar refractivity (Wildman–Crippen MR) is 68.5 cm³/mol. The van der Waals surface area contributed by atoms with Gasteiger partial charge in [0.25, 0.3) is 0 Å². The molecule has 2 nitrogen and oxygen atoms in total. The molecule has 0 spiro atoms. The molecular formula is C13H10BrF2NO. The third-order valence-corrected chi connectivity index (χ3v) is 2.89. The summed E-state index contributed by atoms with van der Waals surface area (Å²) in [6, 6.07) is 8.70. The summed E-state index contributed by atoms with van der Waals surface area (Å²) in [4.78, 5) is 0. The predicted octanol–water partition coefficient (Wildman–Crippen LogP) is 3.98. The first-order valence-electron chi connectivity index (χ1n) is 5.22. The van der Waals surface area contributed by atoms with E-state index in [1.54, 1.807) is 12.1 Å². The maximum absolute atomic E-state index is 13.6. The van der Waals surface area contributed by atoms with Crippen molar-refractivity contribution in [1.29, 1.82) is 0 Å². The van der Waals surface area contributed by atoms with Crippen molar-refractivity contribution in [3.63, 3.8) is 0 Å². The van der Waals surface area contributed by atoms with E-state index in [0.717, 1.165) is 0 Å². The number of halogens is 3. The highest BCUT2D eigenvalue weighted by molar-refractivity contribution is 9.10. The molecule has 0 amide bonds. The van der Waals surface area contributed by atoms with Crippen LogP contribution in [0.3, 0.4) is 0 Å². The first-order chi connectivity index (χ1) is 8.61. The molecule has 2 aromatic carbocycles. The Labute approximate surface area is 112 Å². The van der Waals surface area contributed by atoms with Crippen LogP contribution in [0.2, 0.25) is 0 Å². The Hall–Kier alpha value is -1.46. The topological polar surface area (TPSA) is 35.2 Å². The van der Waals surface area contributed by atoms with Gasteiger partial charge in [0.2, 0.25) is 0 Å². The number of hydrogen-bond donors (Lipinski definition) is 1. The van der Waals surface area contributed by atoms with Crippen molar-refractivity contribution in [3.8, 4) is 11.5 Å².